The third-order valence-corrected chi connectivity index (χ3v) is 3.51. The summed E-state index contributed by atoms with van der Waals surface area (Å²) in [7, 11) is 0. The van der Waals surface area contributed by atoms with Crippen LogP contribution in [0.2, 0.25) is 10.0 Å². The van der Waals surface area contributed by atoms with E-state index in [0.29, 0.717) is 16.1 Å². The second-order valence-corrected chi connectivity index (χ2v) is 4.47. The maximum absolute atomic E-state index is 11.6. The number of hydrogen-bond donors (Lipinski definition) is 0. The molecule has 2 nitrogen and oxygen atoms in total. The molecule has 5 heteroatoms. The normalized spacial score (nSPS) is 19.1. The van der Waals surface area contributed by atoms with Crippen LogP contribution in [0.25, 0.3) is 0 Å². The summed E-state index contributed by atoms with van der Waals surface area (Å²) < 4.78 is 0. The van der Waals surface area contributed by atoms with Gasteiger partial charge >= 0.3 is 0 Å². The Morgan fingerprint density at radius 2 is 2.00 bits per heavy atom. The molecule has 1 unspecified atom stereocenters. The number of Topliss-reactive ketones (excluding diaryl/α,β-unsaturated/α-hetero) is 1. The van der Waals surface area contributed by atoms with Crippen LogP contribution in [0.3, 0.4) is 0 Å². The second kappa shape index (κ2) is 3.78. The van der Waals surface area contributed by atoms with Crippen molar-refractivity contribution in [2.45, 2.75) is 12.3 Å². The molecule has 0 fully saturated rings. The summed E-state index contributed by atoms with van der Waals surface area (Å²) in [5.41, 5.74) is 0.914. The highest BCUT2D eigenvalue weighted by Crippen LogP contribution is 2.40. The van der Waals surface area contributed by atoms with E-state index in [0.717, 1.165) is 0 Å². The van der Waals surface area contributed by atoms with E-state index in [9.17, 15) is 9.59 Å². The fraction of sp³-hybridized carbons (Fsp3) is 0.200. The zero-order chi connectivity index (χ0) is 11.2. The fourth-order valence-electron chi connectivity index (χ4n) is 1.74. The van der Waals surface area contributed by atoms with E-state index in [1.54, 1.807) is 12.1 Å². The van der Waals surface area contributed by atoms with Gasteiger partial charge in [0, 0.05) is 12.0 Å². The van der Waals surface area contributed by atoms with Gasteiger partial charge in [-0.3, -0.25) is 9.59 Å². The highest BCUT2D eigenvalue weighted by atomic mass is 35.5. The van der Waals surface area contributed by atoms with Crippen LogP contribution < -0.4 is 0 Å². The Labute approximate surface area is 101 Å². The molecule has 1 atom stereocenters. The maximum atomic E-state index is 11.6. The summed E-state index contributed by atoms with van der Waals surface area (Å²) in [4.78, 5) is 22.7. The Bertz CT molecular complexity index is 468. The standard InChI is InChI=1S/C10H5Cl3O2/c11-6-2-1-4-5(10(13)15)3-7(14)8(4)9(6)12/h1-2,5H,3H2. The Morgan fingerprint density at radius 3 is 2.60 bits per heavy atom. The van der Waals surface area contributed by atoms with Gasteiger partial charge in [0.05, 0.1) is 16.0 Å². The molecule has 0 bridgehead atoms. The molecule has 0 radical (unpaired) electrons. The fourth-order valence-corrected chi connectivity index (χ4v) is 2.37. The van der Waals surface area contributed by atoms with Crippen molar-refractivity contribution < 1.29 is 9.59 Å². The van der Waals surface area contributed by atoms with Gasteiger partial charge in [0.25, 0.3) is 0 Å². The third kappa shape index (κ3) is 1.67. The van der Waals surface area contributed by atoms with E-state index in [1.807, 2.05) is 0 Å². The van der Waals surface area contributed by atoms with Crippen LogP contribution in [0.5, 0.6) is 0 Å². The second-order valence-electron chi connectivity index (χ2n) is 3.31. The smallest absolute Gasteiger partial charge is 0.229 e. The molecule has 0 aromatic heterocycles. The largest absolute Gasteiger partial charge is 0.294 e. The number of halogens is 3. The first-order chi connectivity index (χ1) is 7.02. The predicted molar refractivity (Wildman–Crippen MR) is 59.0 cm³/mol. The molecule has 0 heterocycles. The van der Waals surface area contributed by atoms with Gasteiger partial charge in [-0.25, -0.2) is 0 Å². The van der Waals surface area contributed by atoms with E-state index >= 15 is 0 Å². The van der Waals surface area contributed by atoms with E-state index in [-0.39, 0.29) is 17.2 Å². The van der Waals surface area contributed by atoms with Gasteiger partial charge in [0.2, 0.25) is 5.24 Å². The lowest BCUT2D eigenvalue weighted by Crippen LogP contribution is -2.02. The molecule has 15 heavy (non-hydrogen) atoms. The Balaban J connectivity index is 2.64. The number of carbonyl (C=O) groups excluding carboxylic acids is 2. The lowest BCUT2D eigenvalue weighted by Gasteiger charge is -2.05. The summed E-state index contributed by atoms with van der Waals surface area (Å²) in [6.45, 7) is 0. The SMILES string of the molecule is O=C1CC(C(=O)Cl)c2ccc(Cl)c(Cl)c21. The van der Waals surface area contributed by atoms with Crippen LogP contribution >= 0.6 is 34.8 Å². The quantitative estimate of drug-likeness (QED) is 0.728. The average molecular weight is 264 g/mol. The number of carbonyl (C=O) groups is 2. The van der Waals surface area contributed by atoms with Crippen LogP contribution in [0.15, 0.2) is 12.1 Å². The van der Waals surface area contributed by atoms with Crippen LogP contribution in [0.1, 0.15) is 28.3 Å². The van der Waals surface area contributed by atoms with Crippen molar-refractivity contribution in [1.29, 1.82) is 0 Å². The lowest BCUT2D eigenvalue weighted by molar-refractivity contribution is -0.112. The monoisotopic (exact) mass is 262 g/mol. The Morgan fingerprint density at radius 1 is 1.33 bits per heavy atom. The Hall–Kier alpha value is -0.570. The van der Waals surface area contributed by atoms with Crippen molar-refractivity contribution >= 4 is 45.8 Å². The molecule has 2 rings (SSSR count). The number of hydrogen-bond acceptors (Lipinski definition) is 2. The molecule has 1 aromatic rings. The molecule has 1 aliphatic rings. The first-order valence-electron chi connectivity index (χ1n) is 4.23. The number of ketones is 1. The predicted octanol–water partition coefficient (Wildman–Crippen LogP) is 3.43. The molecule has 0 aliphatic heterocycles. The van der Waals surface area contributed by atoms with Crippen LogP contribution in [-0.2, 0) is 4.79 Å². The summed E-state index contributed by atoms with van der Waals surface area (Å²) in [6, 6.07) is 3.19. The van der Waals surface area contributed by atoms with E-state index < -0.39 is 11.2 Å². The Kier molecular flexibility index (Phi) is 2.75. The van der Waals surface area contributed by atoms with Crippen molar-refractivity contribution in [3.05, 3.63) is 33.3 Å². The molecule has 0 saturated carbocycles. The molecular formula is C10H5Cl3O2. The van der Waals surface area contributed by atoms with Crippen molar-refractivity contribution in [2.75, 3.05) is 0 Å². The van der Waals surface area contributed by atoms with Crippen LogP contribution in [0.4, 0.5) is 0 Å². The minimum absolute atomic E-state index is 0.0811. The highest BCUT2D eigenvalue weighted by molar-refractivity contribution is 6.65. The van der Waals surface area contributed by atoms with Gasteiger partial charge < -0.3 is 0 Å². The average Bonchev–Trinajstić information content (AvgIpc) is 2.50. The van der Waals surface area contributed by atoms with Crippen molar-refractivity contribution in [2.24, 2.45) is 0 Å². The summed E-state index contributed by atoms with van der Waals surface area (Å²) in [5.74, 6) is -0.763. The molecular weight excluding hydrogens is 258 g/mol. The zero-order valence-corrected chi connectivity index (χ0v) is 9.66. The number of rotatable bonds is 1. The van der Waals surface area contributed by atoms with Crippen LogP contribution in [-0.4, -0.2) is 11.0 Å². The van der Waals surface area contributed by atoms with Gasteiger partial charge in [-0.15, -0.1) is 0 Å². The van der Waals surface area contributed by atoms with Crippen molar-refractivity contribution in [3.63, 3.8) is 0 Å². The van der Waals surface area contributed by atoms with Gasteiger partial charge in [0.15, 0.2) is 5.78 Å². The maximum Gasteiger partial charge on any atom is 0.229 e. The van der Waals surface area contributed by atoms with Gasteiger partial charge in [-0.2, -0.15) is 0 Å². The summed E-state index contributed by atoms with van der Waals surface area (Å²) in [6.07, 6.45) is 0.0811. The number of benzene rings is 1. The molecule has 0 N–H and O–H groups in total. The third-order valence-electron chi connectivity index (χ3n) is 2.44. The highest BCUT2D eigenvalue weighted by Gasteiger charge is 2.35. The zero-order valence-electron chi connectivity index (χ0n) is 7.39. The molecule has 0 spiro atoms. The molecule has 0 saturated heterocycles. The molecule has 1 aromatic carbocycles. The summed E-state index contributed by atoms with van der Waals surface area (Å²) in [5, 5.41) is -0.0217. The van der Waals surface area contributed by atoms with Gasteiger partial charge in [-0.1, -0.05) is 29.3 Å². The molecule has 78 valence electrons. The van der Waals surface area contributed by atoms with E-state index in [1.165, 1.54) is 0 Å². The van der Waals surface area contributed by atoms with Crippen molar-refractivity contribution in [3.8, 4) is 0 Å². The van der Waals surface area contributed by atoms with Crippen molar-refractivity contribution in [1.82, 2.24) is 0 Å². The topological polar surface area (TPSA) is 34.1 Å². The minimum Gasteiger partial charge on any atom is -0.294 e. The van der Waals surface area contributed by atoms with E-state index in [2.05, 4.69) is 0 Å². The molecule has 0 amide bonds. The first-order valence-corrected chi connectivity index (χ1v) is 5.36. The first kappa shape index (κ1) is 10.9. The lowest BCUT2D eigenvalue weighted by atomic mass is 10.0. The van der Waals surface area contributed by atoms with E-state index in [4.69, 9.17) is 34.8 Å². The minimum atomic E-state index is -0.580. The van der Waals surface area contributed by atoms with Gasteiger partial charge in [0.1, 0.15) is 0 Å². The van der Waals surface area contributed by atoms with Crippen LogP contribution in [0, 0.1) is 0 Å². The molecule has 1 aliphatic carbocycles. The summed E-state index contributed by atoms with van der Waals surface area (Å²) >= 11 is 17.1. The number of fused-ring (bicyclic) bond motifs is 1. The van der Waals surface area contributed by atoms with Gasteiger partial charge in [-0.05, 0) is 23.2 Å².